The smallest absolute Gasteiger partial charge is 0.314 e. The van der Waals surface area contributed by atoms with Crippen LogP contribution in [-0.4, -0.2) is 27.5 Å². The van der Waals surface area contributed by atoms with Crippen LogP contribution in [0.3, 0.4) is 0 Å². The molecule has 1 saturated carbocycles. The lowest BCUT2D eigenvalue weighted by atomic mass is 10.1. The van der Waals surface area contributed by atoms with E-state index in [1.165, 1.54) is 13.0 Å². The third kappa shape index (κ3) is 4.78. The van der Waals surface area contributed by atoms with Gasteiger partial charge in [0, 0.05) is 44.0 Å². The molecule has 2 aromatic heterocycles. The van der Waals surface area contributed by atoms with Gasteiger partial charge in [0.2, 0.25) is 5.92 Å². The Hall–Kier alpha value is -3.18. The number of pyridine rings is 1. The lowest BCUT2D eigenvalue weighted by Crippen LogP contribution is -2.37. The first-order valence-electron chi connectivity index (χ1n) is 9.46. The average molecular weight is 443 g/mol. The molecule has 31 heavy (non-hydrogen) atoms. The summed E-state index contributed by atoms with van der Waals surface area (Å²) in [4.78, 5) is 24.2. The Labute approximate surface area is 174 Å². The van der Waals surface area contributed by atoms with Gasteiger partial charge in [-0.3, -0.25) is 14.3 Å². The van der Waals surface area contributed by atoms with Crippen molar-refractivity contribution in [2.75, 3.05) is 5.32 Å². The highest BCUT2D eigenvalue weighted by molar-refractivity contribution is 6.04. The number of primary amides is 1. The summed E-state index contributed by atoms with van der Waals surface area (Å²) in [6.07, 6.45) is 0.390. The molecule has 8 nitrogen and oxygen atoms in total. The molecule has 1 atom stereocenters. The van der Waals surface area contributed by atoms with E-state index in [1.54, 1.807) is 0 Å². The summed E-state index contributed by atoms with van der Waals surface area (Å²) >= 11 is 0. The van der Waals surface area contributed by atoms with Crippen LogP contribution in [0.25, 0.3) is 0 Å². The predicted molar refractivity (Wildman–Crippen MR) is 101 cm³/mol. The van der Waals surface area contributed by atoms with Crippen LogP contribution in [-0.2, 0) is 12.5 Å². The lowest BCUT2D eigenvalue weighted by molar-refractivity contribution is -0.607. The van der Waals surface area contributed by atoms with Crippen LogP contribution in [0.2, 0.25) is 0 Å². The van der Waals surface area contributed by atoms with Gasteiger partial charge in [0.05, 0.1) is 5.69 Å². The first-order chi connectivity index (χ1) is 14.3. The number of aromatic nitrogens is 3. The van der Waals surface area contributed by atoms with Crippen molar-refractivity contribution in [2.24, 2.45) is 11.7 Å². The molecule has 0 spiro atoms. The summed E-state index contributed by atoms with van der Waals surface area (Å²) in [5, 5.41) is 17.8. The summed E-state index contributed by atoms with van der Waals surface area (Å²) in [6.45, 7) is 1.79. The highest BCUT2D eigenvalue weighted by atomic mass is 19.3. The van der Waals surface area contributed by atoms with Crippen molar-refractivity contribution in [1.82, 2.24) is 9.78 Å². The van der Waals surface area contributed by atoms with Gasteiger partial charge >= 0.3 is 5.91 Å². The summed E-state index contributed by atoms with van der Waals surface area (Å²) in [5.41, 5.74) is 3.75. The topological polar surface area (TPSA) is 117 Å². The molecule has 0 radical (unpaired) electrons. The standard InChI is InChI=1S/C19H21F4N5O3/c1-10-14(17(30)25-12-4-6-28(31)13(7-12)16(24)29)27(26-15(10)18(2,20)21)9-11-3-5-19(22,23)8-11/h4,6-7,11H,3,5,8-9H2,1-2H3,(H2,24,29)(H,25,30)/t11-/m0/s1. The number of hydrogen-bond donors (Lipinski definition) is 2. The van der Waals surface area contributed by atoms with Gasteiger partial charge in [-0.25, -0.2) is 8.78 Å². The zero-order valence-corrected chi connectivity index (χ0v) is 16.8. The van der Waals surface area contributed by atoms with Gasteiger partial charge in [-0.2, -0.15) is 18.6 Å². The summed E-state index contributed by atoms with van der Waals surface area (Å²) in [5.74, 6) is -8.59. The normalized spacial score (nSPS) is 18.2. The van der Waals surface area contributed by atoms with Crippen molar-refractivity contribution in [1.29, 1.82) is 0 Å². The highest BCUT2D eigenvalue weighted by Crippen LogP contribution is 2.40. The molecular weight excluding hydrogens is 422 g/mol. The summed E-state index contributed by atoms with van der Waals surface area (Å²) in [6, 6.07) is 2.23. The van der Waals surface area contributed by atoms with Crippen LogP contribution >= 0.6 is 0 Å². The number of anilines is 1. The van der Waals surface area contributed by atoms with Crippen molar-refractivity contribution in [3.05, 3.63) is 46.2 Å². The molecule has 2 heterocycles. The number of carbonyl (C=O) groups is 2. The van der Waals surface area contributed by atoms with Gasteiger partial charge in [0.25, 0.3) is 17.5 Å². The van der Waals surface area contributed by atoms with Crippen LogP contribution < -0.4 is 15.8 Å². The summed E-state index contributed by atoms with van der Waals surface area (Å²) in [7, 11) is 0. The Morgan fingerprint density at radius 1 is 1.45 bits per heavy atom. The first-order valence-corrected chi connectivity index (χ1v) is 9.46. The van der Waals surface area contributed by atoms with E-state index in [4.69, 9.17) is 5.73 Å². The monoisotopic (exact) mass is 443 g/mol. The minimum Gasteiger partial charge on any atom is -0.618 e. The molecule has 0 unspecified atom stereocenters. The minimum atomic E-state index is -3.36. The molecule has 1 aliphatic rings. The van der Waals surface area contributed by atoms with Gasteiger partial charge < -0.3 is 16.3 Å². The largest absolute Gasteiger partial charge is 0.618 e. The molecular formula is C19H21F4N5O3. The number of halogens is 4. The molecule has 0 aliphatic heterocycles. The molecule has 3 rings (SSSR count). The van der Waals surface area contributed by atoms with Gasteiger partial charge in [-0.1, -0.05) is 0 Å². The maximum Gasteiger partial charge on any atom is 0.314 e. The molecule has 0 saturated heterocycles. The number of nitrogens with two attached hydrogens (primary N) is 1. The summed E-state index contributed by atoms with van der Waals surface area (Å²) < 4.78 is 56.4. The second kappa shape index (κ2) is 7.82. The van der Waals surface area contributed by atoms with E-state index < -0.39 is 47.4 Å². The lowest BCUT2D eigenvalue weighted by Gasteiger charge is -2.14. The Morgan fingerprint density at radius 2 is 2.13 bits per heavy atom. The number of nitrogens with one attached hydrogen (secondary N) is 1. The van der Waals surface area contributed by atoms with E-state index in [2.05, 4.69) is 10.4 Å². The Bertz CT molecular complexity index is 1030. The Balaban J connectivity index is 1.95. The number of rotatable bonds is 6. The fourth-order valence-corrected chi connectivity index (χ4v) is 3.77. The highest BCUT2D eigenvalue weighted by Gasteiger charge is 2.41. The zero-order valence-electron chi connectivity index (χ0n) is 16.8. The molecule has 1 aliphatic carbocycles. The van der Waals surface area contributed by atoms with Crippen molar-refractivity contribution >= 4 is 17.5 Å². The molecule has 0 bridgehead atoms. The van der Waals surface area contributed by atoms with E-state index >= 15 is 0 Å². The van der Waals surface area contributed by atoms with Crippen molar-refractivity contribution in [3.63, 3.8) is 0 Å². The van der Waals surface area contributed by atoms with Crippen molar-refractivity contribution in [3.8, 4) is 0 Å². The molecule has 1 fully saturated rings. The maximum absolute atomic E-state index is 14.0. The molecule has 0 aromatic carbocycles. The second-order valence-corrected chi connectivity index (χ2v) is 7.80. The quantitative estimate of drug-likeness (QED) is 0.406. The minimum absolute atomic E-state index is 0.0234. The molecule has 3 N–H and O–H groups in total. The Kier molecular flexibility index (Phi) is 5.68. The fourth-order valence-electron chi connectivity index (χ4n) is 3.77. The molecule has 2 aromatic rings. The number of amides is 2. The number of hydrogen-bond acceptors (Lipinski definition) is 4. The second-order valence-electron chi connectivity index (χ2n) is 7.80. The van der Waals surface area contributed by atoms with E-state index in [-0.39, 0.29) is 41.1 Å². The van der Waals surface area contributed by atoms with E-state index in [0.717, 1.165) is 16.9 Å². The van der Waals surface area contributed by atoms with Gasteiger partial charge in [-0.15, -0.1) is 0 Å². The SMILES string of the molecule is Cc1c(C(C)(F)F)nn(C[C@H]2CCC(F)(F)C2)c1C(=O)Nc1cc[n+]([O-])c(C(N)=O)c1. The fraction of sp³-hybridized carbons (Fsp3) is 0.474. The van der Waals surface area contributed by atoms with Crippen LogP contribution in [0.5, 0.6) is 0 Å². The molecule has 168 valence electrons. The third-order valence-corrected chi connectivity index (χ3v) is 5.19. The van der Waals surface area contributed by atoms with Gasteiger partial charge in [0.15, 0.2) is 6.20 Å². The molecule has 2 amide bonds. The van der Waals surface area contributed by atoms with Gasteiger partial charge in [0.1, 0.15) is 11.4 Å². The Morgan fingerprint density at radius 3 is 2.68 bits per heavy atom. The van der Waals surface area contributed by atoms with Crippen LogP contribution in [0, 0.1) is 18.0 Å². The number of carbonyl (C=O) groups excluding carboxylic acids is 2. The van der Waals surface area contributed by atoms with Crippen molar-refractivity contribution < 1.29 is 31.9 Å². The first kappa shape index (κ1) is 22.5. The van der Waals surface area contributed by atoms with Crippen LogP contribution in [0.15, 0.2) is 18.3 Å². The third-order valence-electron chi connectivity index (χ3n) is 5.19. The number of alkyl halides is 4. The average Bonchev–Trinajstić information content (AvgIpc) is 3.15. The van der Waals surface area contributed by atoms with Crippen molar-refractivity contribution in [2.45, 2.75) is 51.5 Å². The van der Waals surface area contributed by atoms with Crippen LogP contribution in [0.4, 0.5) is 23.2 Å². The van der Waals surface area contributed by atoms with Crippen LogP contribution in [0.1, 0.15) is 58.4 Å². The molecule has 12 heteroatoms. The number of nitrogens with zero attached hydrogens (tertiary/aromatic N) is 3. The van der Waals surface area contributed by atoms with E-state index in [0.29, 0.717) is 6.92 Å². The zero-order chi connectivity index (χ0) is 23.1. The maximum atomic E-state index is 14.0. The van der Waals surface area contributed by atoms with E-state index in [1.807, 2.05) is 0 Å². The van der Waals surface area contributed by atoms with Gasteiger partial charge in [-0.05, 0) is 19.3 Å². The predicted octanol–water partition coefficient (Wildman–Crippen LogP) is 2.72. The van der Waals surface area contributed by atoms with E-state index in [9.17, 15) is 32.4 Å².